The lowest BCUT2D eigenvalue weighted by Gasteiger charge is -2.28. The molecule has 2 heteroatoms. The first-order valence-corrected chi connectivity index (χ1v) is 6.05. The highest BCUT2D eigenvalue weighted by molar-refractivity contribution is 5.75. The minimum absolute atomic E-state index is 0.212. The van der Waals surface area contributed by atoms with Crippen LogP contribution in [0.25, 0.3) is 0 Å². The van der Waals surface area contributed by atoms with Gasteiger partial charge >= 0.3 is 0 Å². The summed E-state index contributed by atoms with van der Waals surface area (Å²) in [7, 11) is 0. The Morgan fingerprint density at radius 3 is 2.36 bits per heavy atom. The van der Waals surface area contributed by atoms with Gasteiger partial charge in [0, 0.05) is 12.5 Å². The maximum Gasteiger partial charge on any atom is 0.219 e. The standard InChI is InChI=1S/C12H23NO/c1-3-5-10-6-8-11(9-7-10)13-12(14)4-2/h10-11H,3-9H2,1-2H3,(H,13,14). The van der Waals surface area contributed by atoms with Crippen LogP contribution in [0, 0.1) is 5.92 Å². The van der Waals surface area contributed by atoms with Crippen LogP contribution in [-0.4, -0.2) is 11.9 Å². The zero-order chi connectivity index (χ0) is 10.4. The molecule has 1 saturated carbocycles. The van der Waals surface area contributed by atoms with E-state index < -0.39 is 0 Å². The van der Waals surface area contributed by atoms with E-state index in [0.29, 0.717) is 12.5 Å². The van der Waals surface area contributed by atoms with Crippen LogP contribution in [0.2, 0.25) is 0 Å². The van der Waals surface area contributed by atoms with Gasteiger partial charge in [-0.2, -0.15) is 0 Å². The Morgan fingerprint density at radius 1 is 1.21 bits per heavy atom. The van der Waals surface area contributed by atoms with Gasteiger partial charge in [-0.3, -0.25) is 4.79 Å². The van der Waals surface area contributed by atoms with E-state index in [9.17, 15) is 4.79 Å². The maximum atomic E-state index is 11.2. The van der Waals surface area contributed by atoms with Crippen LogP contribution in [0.1, 0.15) is 58.8 Å². The van der Waals surface area contributed by atoms with Crippen molar-refractivity contribution in [2.45, 2.75) is 64.8 Å². The summed E-state index contributed by atoms with van der Waals surface area (Å²) < 4.78 is 0. The molecular formula is C12H23NO. The molecule has 1 rings (SSSR count). The summed E-state index contributed by atoms with van der Waals surface area (Å²) in [6, 6.07) is 0.468. The van der Waals surface area contributed by atoms with Gasteiger partial charge in [-0.05, 0) is 31.6 Å². The van der Waals surface area contributed by atoms with Crippen molar-refractivity contribution in [3.8, 4) is 0 Å². The Bertz CT molecular complexity index is 171. The number of hydrogen-bond acceptors (Lipinski definition) is 1. The van der Waals surface area contributed by atoms with E-state index in [-0.39, 0.29) is 5.91 Å². The van der Waals surface area contributed by atoms with Crippen LogP contribution >= 0.6 is 0 Å². The fourth-order valence-electron chi connectivity index (χ4n) is 2.33. The van der Waals surface area contributed by atoms with Gasteiger partial charge in [0.2, 0.25) is 5.91 Å². The second kappa shape index (κ2) is 6.05. The molecule has 1 aliphatic rings. The van der Waals surface area contributed by atoms with Crippen molar-refractivity contribution in [3.63, 3.8) is 0 Å². The largest absolute Gasteiger partial charge is 0.353 e. The average Bonchev–Trinajstić information content (AvgIpc) is 2.21. The molecule has 14 heavy (non-hydrogen) atoms. The first-order valence-electron chi connectivity index (χ1n) is 6.05. The molecule has 0 aliphatic heterocycles. The van der Waals surface area contributed by atoms with Gasteiger partial charge in [0.15, 0.2) is 0 Å². The van der Waals surface area contributed by atoms with Crippen molar-refractivity contribution in [1.82, 2.24) is 5.32 Å². The number of hydrogen-bond donors (Lipinski definition) is 1. The maximum absolute atomic E-state index is 11.2. The van der Waals surface area contributed by atoms with Gasteiger partial charge in [-0.25, -0.2) is 0 Å². The van der Waals surface area contributed by atoms with Gasteiger partial charge in [-0.1, -0.05) is 26.7 Å². The van der Waals surface area contributed by atoms with E-state index in [4.69, 9.17) is 0 Å². The Morgan fingerprint density at radius 2 is 1.86 bits per heavy atom. The zero-order valence-electron chi connectivity index (χ0n) is 9.51. The predicted octanol–water partition coefficient (Wildman–Crippen LogP) is 2.87. The smallest absolute Gasteiger partial charge is 0.219 e. The SMILES string of the molecule is CCCC1CCC(NC(=O)CC)CC1. The third kappa shape index (κ3) is 3.69. The Labute approximate surface area is 87.5 Å². The quantitative estimate of drug-likeness (QED) is 0.737. The third-order valence-electron chi connectivity index (χ3n) is 3.23. The normalized spacial score (nSPS) is 27.3. The van der Waals surface area contributed by atoms with Crippen molar-refractivity contribution in [2.24, 2.45) is 5.92 Å². The molecule has 0 aromatic heterocycles. The van der Waals surface area contributed by atoms with Crippen molar-refractivity contribution < 1.29 is 4.79 Å². The Hall–Kier alpha value is -0.530. The summed E-state index contributed by atoms with van der Waals surface area (Å²) in [6.07, 6.45) is 8.29. The second-order valence-electron chi connectivity index (χ2n) is 4.43. The molecule has 1 aliphatic carbocycles. The summed E-state index contributed by atoms with van der Waals surface area (Å²) in [5.41, 5.74) is 0. The molecule has 1 amide bonds. The summed E-state index contributed by atoms with van der Waals surface area (Å²) in [6.45, 7) is 4.17. The van der Waals surface area contributed by atoms with Crippen molar-refractivity contribution in [1.29, 1.82) is 0 Å². The number of rotatable bonds is 4. The summed E-state index contributed by atoms with van der Waals surface area (Å²) in [4.78, 5) is 11.2. The van der Waals surface area contributed by atoms with Crippen LogP contribution in [0.4, 0.5) is 0 Å². The Kier molecular flexibility index (Phi) is 4.99. The molecule has 0 radical (unpaired) electrons. The minimum Gasteiger partial charge on any atom is -0.353 e. The van der Waals surface area contributed by atoms with Crippen LogP contribution in [0.5, 0.6) is 0 Å². The predicted molar refractivity (Wildman–Crippen MR) is 59.1 cm³/mol. The third-order valence-corrected chi connectivity index (χ3v) is 3.23. The van der Waals surface area contributed by atoms with E-state index in [1.165, 1.54) is 38.5 Å². The van der Waals surface area contributed by atoms with E-state index in [1.54, 1.807) is 0 Å². The van der Waals surface area contributed by atoms with Crippen LogP contribution in [0.3, 0.4) is 0 Å². The molecule has 0 heterocycles. The first-order chi connectivity index (χ1) is 6.76. The lowest BCUT2D eigenvalue weighted by molar-refractivity contribution is -0.121. The highest BCUT2D eigenvalue weighted by Gasteiger charge is 2.20. The average molecular weight is 197 g/mol. The molecule has 0 atom stereocenters. The van der Waals surface area contributed by atoms with Gasteiger partial charge in [-0.15, -0.1) is 0 Å². The first kappa shape index (κ1) is 11.5. The molecule has 0 aromatic rings. The molecule has 1 N–H and O–H groups in total. The van der Waals surface area contributed by atoms with E-state index in [0.717, 1.165) is 5.92 Å². The summed E-state index contributed by atoms with van der Waals surface area (Å²) >= 11 is 0. The molecule has 0 aromatic carbocycles. The van der Waals surface area contributed by atoms with Gasteiger partial charge in [0.25, 0.3) is 0 Å². The van der Waals surface area contributed by atoms with Crippen molar-refractivity contribution in [3.05, 3.63) is 0 Å². The molecule has 0 saturated heterocycles. The van der Waals surface area contributed by atoms with Crippen LogP contribution < -0.4 is 5.32 Å². The fourth-order valence-corrected chi connectivity index (χ4v) is 2.33. The van der Waals surface area contributed by atoms with Crippen LogP contribution in [0.15, 0.2) is 0 Å². The summed E-state index contributed by atoms with van der Waals surface area (Å²) in [5.74, 6) is 1.14. The molecule has 1 fully saturated rings. The van der Waals surface area contributed by atoms with Crippen molar-refractivity contribution >= 4 is 5.91 Å². The van der Waals surface area contributed by atoms with Gasteiger partial charge in [0.1, 0.15) is 0 Å². The monoisotopic (exact) mass is 197 g/mol. The zero-order valence-corrected chi connectivity index (χ0v) is 9.51. The molecule has 2 nitrogen and oxygen atoms in total. The van der Waals surface area contributed by atoms with E-state index in [2.05, 4.69) is 12.2 Å². The fraction of sp³-hybridized carbons (Fsp3) is 0.917. The molecule has 0 bridgehead atoms. The lowest BCUT2D eigenvalue weighted by atomic mass is 9.83. The highest BCUT2D eigenvalue weighted by Crippen LogP contribution is 2.27. The molecule has 0 spiro atoms. The number of nitrogens with one attached hydrogen (secondary N) is 1. The highest BCUT2D eigenvalue weighted by atomic mass is 16.1. The minimum atomic E-state index is 0.212. The van der Waals surface area contributed by atoms with Crippen molar-refractivity contribution in [2.75, 3.05) is 0 Å². The van der Waals surface area contributed by atoms with Gasteiger partial charge < -0.3 is 5.32 Å². The number of carbonyl (C=O) groups excluding carboxylic acids is 1. The number of carbonyl (C=O) groups is 1. The second-order valence-corrected chi connectivity index (χ2v) is 4.43. The lowest BCUT2D eigenvalue weighted by Crippen LogP contribution is -2.37. The molecular weight excluding hydrogens is 174 g/mol. The van der Waals surface area contributed by atoms with E-state index in [1.807, 2.05) is 6.92 Å². The molecule has 82 valence electrons. The topological polar surface area (TPSA) is 29.1 Å². The van der Waals surface area contributed by atoms with Gasteiger partial charge in [0.05, 0.1) is 0 Å². The molecule has 0 unspecified atom stereocenters. The van der Waals surface area contributed by atoms with E-state index >= 15 is 0 Å². The van der Waals surface area contributed by atoms with Crippen LogP contribution in [-0.2, 0) is 4.79 Å². The number of amides is 1. The Balaban J connectivity index is 2.18. The summed E-state index contributed by atoms with van der Waals surface area (Å²) in [5, 5.41) is 3.09.